The van der Waals surface area contributed by atoms with E-state index in [2.05, 4.69) is 5.32 Å². The minimum absolute atomic E-state index is 0.0550. The Morgan fingerprint density at radius 3 is 2.44 bits per heavy atom. The lowest BCUT2D eigenvalue weighted by Crippen LogP contribution is -2.42. The van der Waals surface area contributed by atoms with Crippen molar-refractivity contribution in [3.8, 4) is 0 Å². The summed E-state index contributed by atoms with van der Waals surface area (Å²) in [6, 6.07) is 5.28. The Labute approximate surface area is 109 Å². The molecule has 1 unspecified atom stereocenters. The van der Waals surface area contributed by atoms with Gasteiger partial charge in [0.2, 0.25) is 0 Å². The van der Waals surface area contributed by atoms with Crippen molar-refractivity contribution in [2.45, 2.75) is 44.2 Å². The number of hydrogen-bond donors (Lipinski definition) is 1. The SMILES string of the molecule is CNC(c1cc(C)cc(F)c1)C1(OC)CCCC1. The van der Waals surface area contributed by atoms with E-state index in [1.807, 2.05) is 20.0 Å². The maximum Gasteiger partial charge on any atom is 0.123 e. The first-order chi connectivity index (χ1) is 8.61. The van der Waals surface area contributed by atoms with Crippen molar-refractivity contribution in [1.29, 1.82) is 0 Å². The van der Waals surface area contributed by atoms with Gasteiger partial charge in [0.15, 0.2) is 0 Å². The molecule has 100 valence electrons. The number of aryl methyl sites for hydroxylation is 1. The molecule has 0 radical (unpaired) electrons. The van der Waals surface area contributed by atoms with Crippen LogP contribution in [0.3, 0.4) is 0 Å². The maximum atomic E-state index is 13.6. The molecule has 1 atom stereocenters. The van der Waals surface area contributed by atoms with Crippen molar-refractivity contribution < 1.29 is 9.13 Å². The van der Waals surface area contributed by atoms with E-state index in [0.29, 0.717) is 0 Å². The summed E-state index contributed by atoms with van der Waals surface area (Å²) in [6.07, 6.45) is 4.43. The number of halogens is 1. The third-order valence-corrected chi connectivity index (χ3v) is 4.07. The average Bonchev–Trinajstić information content (AvgIpc) is 2.78. The summed E-state index contributed by atoms with van der Waals surface area (Å²) in [6.45, 7) is 1.92. The highest BCUT2D eigenvalue weighted by Crippen LogP contribution is 2.42. The van der Waals surface area contributed by atoms with E-state index in [9.17, 15) is 4.39 Å². The largest absolute Gasteiger partial charge is 0.376 e. The van der Waals surface area contributed by atoms with Crippen LogP contribution in [0.5, 0.6) is 0 Å². The van der Waals surface area contributed by atoms with Crippen LogP contribution in [-0.4, -0.2) is 19.8 Å². The molecule has 1 aliphatic carbocycles. The van der Waals surface area contributed by atoms with Crippen molar-refractivity contribution >= 4 is 0 Å². The van der Waals surface area contributed by atoms with Gasteiger partial charge in [0, 0.05) is 7.11 Å². The molecule has 1 aromatic carbocycles. The van der Waals surface area contributed by atoms with Gasteiger partial charge in [0.1, 0.15) is 5.82 Å². The van der Waals surface area contributed by atoms with Crippen LogP contribution in [0.15, 0.2) is 18.2 Å². The van der Waals surface area contributed by atoms with Crippen LogP contribution in [-0.2, 0) is 4.74 Å². The van der Waals surface area contributed by atoms with Gasteiger partial charge in [-0.1, -0.05) is 18.9 Å². The van der Waals surface area contributed by atoms with Gasteiger partial charge in [-0.05, 0) is 50.1 Å². The molecule has 0 aromatic heterocycles. The fourth-order valence-corrected chi connectivity index (χ4v) is 3.25. The number of ether oxygens (including phenoxy) is 1. The van der Waals surface area contributed by atoms with E-state index in [1.165, 1.54) is 12.8 Å². The molecule has 0 saturated heterocycles. The molecular weight excluding hydrogens is 229 g/mol. The van der Waals surface area contributed by atoms with Crippen LogP contribution in [0, 0.1) is 12.7 Å². The predicted molar refractivity (Wildman–Crippen MR) is 71.1 cm³/mol. The Hall–Kier alpha value is -0.930. The van der Waals surface area contributed by atoms with Gasteiger partial charge >= 0.3 is 0 Å². The Balaban J connectivity index is 2.37. The van der Waals surface area contributed by atoms with Crippen LogP contribution in [0.1, 0.15) is 42.9 Å². The number of hydrogen-bond acceptors (Lipinski definition) is 2. The predicted octanol–water partition coefficient (Wildman–Crippen LogP) is 3.35. The van der Waals surface area contributed by atoms with Crippen LogP contribution in [0.2, 0.25) is 0 Å². The molecule has 1 aromatic rings. The number of likely N-dealkylation sites (N-methyl/N-ethyl adjacent to an activating group) is 1. The van der Waals surface area contributed by atoms with Crippen LogP contribution in [0.4, 0.5) is 4.39 Å². The lowest BCUT2D eigenvalue weighted by molar-refractivity contribution is -0.0349. The van der Waals surface area contributed by atoms with Crippen molar-refractivity contribution in [3.05, 3.63) is 35.1 Å². The van der Waals surface area contributed by atoms with Crippen LogP contribution in [0.25, 0.3) is 0 Å². The lowest BCUT2D eigenvalue weighted by atomic mass is 9.86. The third-order valence-electron chi connectivity index (χ3n) is 4.07. The summed E-state index contributed by atoms with van der Waals surface area (Å²) in [5, 5.41) is 3.31. The Kier molecular flexibility index (Phi) is 4.03. The Morgan fingerprint density at radius 1 is 1.28 bits per heavy atom. The highest BCUT2D eigenvalue weighted by Gasteiger charge is 2.41. The highest BCUT2D eigenvalue weighted by molar-refractivity contribution is 5.29. The van der Waals surface area contributed by atoms with E-state index in [-0.39, 0.29) is 17.5 Å². The fraction of sp³-hybridized carbons (Fsp3) is 0.600. The zero-order valence-electron chi connectivity index (χ0n) is 11.4. The minimum Gasteiger partial charge on any atom is -0.376 e. The van der Waals surface area contributed by atoms with Gasteiger partial charge in [-0.2, -0.15) is 0 Å². The van der Waals surface area contributed by atoms with Gasteiger partial charge in [-0.25, -0.2) is 4.39 Å². The first kappa shape index (κ1) is 13.5. The van der Waals surface area contributed by atoms with Crippen molar-refractivity contribution in [2.24, 2.45) is 0 Å². The highest BCUT2D eigenvalue weighted by atomic mass is 19.1. The Morgan fingerprint density at radius 2 is 1.94 bits per heavy atom. The molecule has 1 saturated carbocycles. The smallest absolute Gasteiger partial charge is 0.123 e. The maximum absolute atomic E-state index is 13.6. The second kappa shape index (κ2) is 5.37. The second-order valence-electron chi connectivity index (χ2n) is 5.26. The molecule has 0 amide bonds. The van der Waals surface area contributed by atoms with Crippen molar-refractivity contribution in [2.75, 3.05) is 14.2 Å². The van der Waals surface area contributed by atoms with Crippen molar-refractivity contribution in [1.82, 2.24) is 5.32 Å². The lowest BCUT2D eigenvalue weighted by Gasteiger charge is -2.36. The second-order valence-corrected chi connectivity index (χ2v) is 5.26. The van der Waals surface area contributed by atoms with Crippen LogP contribution < -0.4 is 5.32 Å². The molecule has 3 heteroatoms. The summed E-state index contributed by atoms with van der Waals surface area (Å²) in [4.78, 5) is 0. The van der Waals surface area contributed by atoms with Crippen molar-refractivity contribution in [3.63, 3.8) is 0 Å². The molecule has 0 aliphatic heterocycles. The third kappa shape index (κ3) is 2.43. The summed E-state index contributed by atoms with van der Waals surface area (Å²) < 4.78 is 19.4. The van der Waals surface area contributed by atoms with E-state index < -0.39 is 0 Å². The number of rotatable bonds is 4. The molecule has 18 heavy (non-hydrogen) atoms. The molecule has 0 spiro atoms. The van der Waals surface area contributed by atoms with E-state index >= 15 is 0 Å². The van der Waals surface area contributed by atoms with E-state index in [1.54, 1.807) is 19.2 Å². The summed E-state index contributed by atoms with van der Waals surface area (Å²) >= 11 is 0. The standard InChI is InChI=1S/C15H22FNO/c1-11-8-12(10-13(16)9-11)14(17-2)15(18-3)6-4-5-7-15/h8-10,14,17H,4-7H2,1-3H3. The zero-order chi connectivity index (χ0) is 13.2. The summed E-state index contributed by atoms with van der Waals surface area (Å²) in [5.41, 5.74) is 1.75. The number of methoxy groups -OCH3 is 1. The fourth-order valence-electron chi connectivity index (χ4n) is 3.25. The number of benzene rings is 1. The van der Waals surface area contributed by atoms with Gasteiger partial charge in [0.25, 0.3) is 0 Å². The van der Waals surface area contributed by atoms with Gasteiger partial charge < -0.3 is 10.1 Å². The first-order valence-corrected chi connectivity index (χ1v) is 6.61. The van der Waals surface area contributed by atoms with Gasteiger partial charge in [-0.3, -0.25) is 0 Å². The molecule has 2 nitrogen and oxygen atoms in total. The molecule has 0 bridgehead atoms. The first-order valence-electron chi connectivity index (χ1n) is 6.61. The zero-order valence-corrected chi connectivity index (χ0v) is 11.4. The number of nitrogens with one attached hydrogen (secondary N) is 1. The van der Waals surface area contributed by atoms with E-state index in [4.69, 9.17) is 4.74 Å². The molecular formula is C15H22FNO. The quantitative estimate of drug-likeness (QED) is 0.886. The topological polar surface area (TPSA) is 21.3 Å². The molecule has 2 rings (SSSR count). The van der Waals surface area contributed by atoms with Crippen LogP contribution >= 0.6 is 0 Å². The summed E-state index contributed by atoms with van der Waals surface area (Å²) in [5.74, 6) is -0.172. The minimum atomic E-state index is -0.186. The molecule has 0 heterocycles. The summed E-state index contributed by atoms with van der Waals surface area (Å²) in [7, 11) is 3.69. The van der Waals surface area contributed by atoms with Gasteiger partial charge in [0.05, 0.1) is 11.6 Å². The normalized spacial score (nSPS) is 20.0. The Bertz CT molecular complexity index is 393. The monoisotopic (exact) mass is 251 g/mol. The molecule has 1 fully saturated rings. The molecule has 1 N–H and O–H groups in total. The average molecular weight is 251 g/mol. The van der Waals surface area contributed by atoms with E-state index in [0.717, 1.165) is 24.0 Å². The molecule has 1 aliphatic rings. The van der Waals surface area contributed by atoms with Gasteiger partial charge in [-0.15, -0.1) is 0 Å².